The van der Waals surface area contributed by atoms with Gasteiger partial charge in [-0.3, -0.25) is 14.5 Å². The Bertz CT molecular complexity index is 636. The Morgan fingerprint density at radius 3 is 2.86 bits per heavy atom. The Morgan fingerprint density at radius 1 is 1.21 bits per heavy atom. The van der Waals surface area contributed by atoms with Crippen molar-refractivity contribution in [1.82, 2.24) is 9.80 Å². The normalized spacial score (nSPS) is 35.9. The molecule has 4 aliphatic rings. The van der Waals surface area contributed by atoms with Crippen LogP contribution in [0.5, 0.6) is 0 Å². The van der Waals surface area contributed by atoms with Crippen LogP contribution in [-0.4, -0.2) is 70.7 Å². The molecule has 0 aromatic heterocycles. The SMILES string of the molecule is CC/C=C\C[C@H](O)CC(=O)O[C@H]1CCN2C[C@@H]3C[C@@H](CN4C(=O)CCC[C@H]34)[C@@H]2C1. The largest absolute Gasteiger partial charge is 0.462 e. The van der Waals surface area contributed by atoms with Gasteiger partial charge in [-0.2, -0.15) is 0 Å². The standard InChI is InChI=1S/C23H36N2O4/c1-2-3-4-6-18(26)12-23(28)29-19-9-10-24-14-16-11-17(21(24)13-19)15-25-20(16)7-5-8-22(25)27/h3-4,16-21,26H,2,5-15H2,1H3/b4-3-/t16-,17-,18-,19-,20+,21-/m0/s1. The van der Waals surface area contributed by atoms with Crippen molar-refractivity contribution in [3.63, 3.8) is 0 Å². The molecule has 6 nitrogen and oxygen atoms in total. The molecule has 0 unspecified atom stereocenters. The van der Waals surface area contributed by atoms with Crippen LogP contribution >= 0.6 is 0 Å². The fourth-order valence-corrected chi connectivity index (χ4v) is 6.09. The van der Waals surface area contributed by atoms with E-state index in [0.29, 0.717) is 42.7 Å². The highest BCUT2D eigenvalue weighted by atomic mass is 16.5. The zero-order valence-electron chi connectivity index (χ0n) is 17.7. The van der Waals surface area contributed by atoms with E-state index in [2.05, 4.69) is 9.80 Å². The molecule has 1 N–H and O–H groups in total. The van der Waals surface area contributed by atoms with Gasteiger partial charge in [0, 0.05) is 44.6 Å². The lowest BCUT2D eigenvalue weighted by Crippen LogP contribution is -2.65. The van der Waals surface area contributed by atoms with Crippen molar-refractivity contribution in [2.45, 2.75) is 89.0 Å². The molecule has 6 heteroatoms. The molecule has 4 fully saturated rings. The van der Waals surface area contributed by atoms with Crippen molar-refractivity contribution in [3.8, 4) is 0 Å². The number of aliphatic hydroxyl groups is 1. The smallest absolute Gasteiger partial charge is 0.308 e. The van der Waals surface area contributed by atoms with Crippen LogP contribution in [0.4, 0.5) is 0 Å². The summed E-state index contributed by atoms with van der Waals surface area (Å²) in [6, 6.07) is 0.859. The van der Waals surface area contributed by atoms with Gasteiger partial charge in [0.2, 0.25) is 5.91 Å². The molecule has 6 atom stereocenters. The molecule has 0 aliphatic carbocycles. The van der Waals surface area contributed by atoms with E-state index in [1.807, 2.05) is 19.1 Å². The topological polar surface area (TPSA) is 70.1 Å². The number of hydrogen-bond acceptors (Lipinski definition) is 5. The minimum absolute atomic E-state index is 0.0616. The number of esters is 1. The van der Waals surface area contributed by atoms with Gasteiger partial charge in [0.25, 0.3) is 0 Å². The summed E-state index contributed by atoms with van der Waals surface area (Å²) in [5.74, 6) is 1.16. The first-order valence-corrected chi connectivity index (χ1v) is 11.6. The average molecular weight is 405 g/mol. The van der Waals surface area contributed by atoms with Crippen molar-refractivity contribution < 1.29 is 19.4 Å². The minimum atomic E-state index is -0.666. The minimum Gasteiger partial charge on any atom is -0.462 e. The number of allylic oxidation sites excluding steroid dienone is 1. The van der Waals surface area contributed by atoms with Gasteiger partial charge in [-0.1, -0.05) is 19.1 Å². The number of hydrogen-bond donors (Lipinski definition) is 1. The van der Waals surface area contributed by atoms with Gasteiger partial charge in [0.05, 0.1) is 12.5 Å². The number of carbonyl (C=O) groups excluding carboxylic acids is 2. The van der Waals surface area contributed by atoms with Crippen molar-refractivity contribution in [2.75, 3.05) is 19.6 Å². The van der Waals surface area contributed by atoms with E-state index in [4.69, 9.17) is 4.74 Å². The summed E-state index contributed by atoms with van der Waals surface area (Å²) in [4.78, 5) is 29.5. The lowest BCUT2D eigenvalue weighted by Gasteiger charge is -2.57. The maximum absolute atomic E-state index is 12.4. The lowest BCUT2D eigenvalue weighted by atomic mass is 9.70. The highest BCUT2D eigenvalue weighted by Gasteiger charge is 2.49. The van der Waals surface area contributed by atoms with Crippen molar-refractivity contribution >= 4 is 11.9 Å². The fraction of sp³-hybridized carbons (Fsp3) is 0.826. The Labute approximate surface area is 174 Å². The van der Waals surface area contributed by atoms with Crippen LogP contribution in [0.3, 0.4) is 0 Å². The molecule has 4 aliphatic heterocycles. The molecule has 4 heterocycles. The molecule has 162 valence electrons. The second-order valence-electron chi connectivity index (χ2n) is 9.43. The summed E-state index contributed by atoms with van der Waals surface area (Å²) in [7, 11) is 0. The Kier molecular flexibility index (Phi) is 6.60. The molecule has 0 aromatic carbocycles. The molecule has 4 saturated heterocycles. The summed E-state index contributed by atoms with van der Waals surface area (Å²) in [5, 5.41) is 10.0. The van der Waals surface area contributed by atoms with Crippen molar-refractivity contribution in [3.05, 3.63) is 12.2 Å². The maximum atomic E-state index is 12.4. The van der Waals surface area contributed by atoms with E-state index in [-0.39, 0.29) is 18.5 Å². The van der Waals surface area contributed by atoms with E-state index < -0.39 is 6.10 Å². The number of aliphatic hydroxyl groups excluding tert-OH is 1. The van der Waals surface area contributed by atoms with Gasteiger partial charge in [-0.25, -0.2) is 0 Å². The first kappa shape index (κ1) is 20.9. The van der Waals surface area contributed by atoms with E-state index in [9.17, 15) is 14.7 Å². The van der Waals surface area contributed by atoms with E-state index in [0.717, 1.165) is 51.7 Å². The quantitative estimate of drug-likeness (QED) is 0.544. The number of ether oxygens (including phenoxy) is 1. The molecule has 0 radical (unpaired) electrons. The molecule has 1 amide bonds. The maximum Gasteiger partial charge on any atom is 0.308 e. The second-order valence-corrected chi connectivity index (χ2v) is 9.43. The lowest BCUT2D eigenvalue weighted by molar-refractivity contribution is -0.160. The van der Waals surface area contributed by atoms with Crippen molar-refractivity contribution in [2.24, 2.45) is 11.8 Å². The van der Waals surface area contributed by atoms with E-state index in [1.165, 1.54) is 6.42 Å². The molecule has 4 rings (SSSR count). The number of rotatable bonds is 6. The van der Waals surface area contributed by atoms with Crippen LogP contribution < -0.4 is 0 Å². The molecule has 29 heavy (non-hydrogen) atoms. The Balaban J connectivity index is 1.31. The van der Waals surface area contributed by atoms with Gasteiger partial charge in [0.1, 0.15) is 6.10 Å². The first-order chi connectivity index (χ1) is 14.0. The van der Waals surface area contributed by atoms with Gasteiger partial charge in [0.15, 0.2) is 0 Å². The van der Waals surface area contributed by atoms with Crippen LogP contribution in [0.1, 0.15) is 64.7 Å². The predicted octanol–water partition coefficient (Wildman–Crippen LogP) is 2.50. The Hall–Kier alpha value is -1.40. The highest BCUT2D eigenvalue weighted by molar-refractivity contribution is 5.77. The first-order valence-electron chi connectivity index (χ1n) is 11.6. The van der Waals surface area contributed by atoms with Gasteiger partial charge in [-0.05, 0) is 50.4 Å². The van der Waals surface area contributed by atoms with Crippen LogP contribution in [-0.2, 0) is 14.3 Å². The predicted molar refractivity (Wildman–Crippen MR) is 110 cm³/mol. The number of amides is 1. The third-order valence-corrected chi connectivity index (χ3v) is 7.43. The third-order valence-electron chi connectivity index (χ3n) is 7.43. The zero-order valence-corrected chi connectivity index (χ0v) is 17.7. The average Bonchev–Trinajstić information content (AvgIpc) is 2.69. The van der Waals surface area contributed by atoms with E-state index in [1.54, 1.807) is 0 Å². The summed E-state index contributed by atoms with van der Waals surface area (Å²) in [6.45, 7) is 4.98. The van der Waals surface area contributed by atoms with Crippen molar-refractivity contribution in [1.29, 1.82) is 0 Å². The number of carbonyl (C=O) groups is 2. The molecular weight excluding hydrogens is 368 g/mol. The van der Waals surface area contributed by atoms with E-state index >= 15 is 0 Å². The Morgan fingerprint density at radius 2 is 2.03 bits per heavy atom. The number of piperidine rings is 4. The summed E-state index contributed by atoms with van der Waals surface area (Å²) in [6.07, 6.45) is 10.6. The van der Waals surface area contributed by atoms with Crippen LogP contribution in [0.15, 0.2) is 12.2 Å². The second kappa shape index (κ2) is 9.17. The number of fused-ring (bicyclic) bond motifs is 6. The van der Waals surface area contributed by atoms with Gasteiger partial charge in [-0.15, -0.1) is 0 Å². The summed E-state index contributed by atoms with van der Waals surface area (Å²) >= 11 is 0. The van der Waals surface area contributed by atoms with Gasteiger partial charge >= 0.3 is 5.97 Å². The zero-order chi connectivity index (χ0) is 20.4. The molecule has 0 saturated carbocycles. The summed E-state index contributed by atoms with van der Waals surface area (Å²) < 4.78 is 5.75. The van der Waals surface area contributed by atoms with Crippen LogP contribution in [0.2, 0.25) is 0 Å². The molecule has 0 aromatic rings. The molecular formula is C23H36N2O4. The highest BCUT2D eigenvalue weighted by Crippen LogP contribution is 2.43. The van der Waals surface area contributed by atoms with Crippen LogP contribution in [0.25, 0.3) is 0 Å². The molecule has 0 spiro atoms. The molecule has 2 bridgehead atoms. The third kappa shape index (κ3) is 4.69. The monoisotopic (exact) mass is 404 g/mol. The number of nitrogens with zero attached hydrogens (tertiary/aromatic N) is 2. The van der Waals surface area contributed by atoms with Gasteiger partial charge < -0.3 is 14.7 Å². The van der Waals surface area contributed by atoms with Crippen LogP contribution in [0, 0.1) is 11.8 Å². The summed E-state index contributed by atoms with van der Waals surface area (Å²) in [5.41, 5.74) is 0. The fourth-order valence-electron chi connectivity index (χ4n) is 6.09.